The van der Waals surface area contributed by atoms with Gasteiger partial charge in [0.2, 0.25) is 5.88 Å². The summed E-state index contributed by atoms with van der Waals surface area (Å²) in [4.78, 5) is 28.0. The molecule has 1 aliphatic heterocycles. The van der Waals surface area contributed by atoms with Crippen LogP contribution in [0, 0.1) is 0 Å². The first-order valence-electron chi connectivity index (χ1n) is 7.85. The van der Waals surface area contributed by atoms with E-state index in [1.165, 1.54) is 12.3 Å². The molecule has 2 aliphatic rings. The summed E-state index contributed by atoms with van der Waals surface area (Å²) in [5.41, 5.74) is -0.804. The second kappa shape index (κ2) is 6.54. The first-order valence-corrected chi connectivity index (χ1v) is 7.85. The van der Waals surface area contributed by atoms with Crippen molar-refractivity contribution in [2.75, 3.05) is 13.2 Å². The van der Waals surface area contributed by atoms with Crippen LogP contribution in [0.3, 0.4) is 0 Å². The van der Waals surface area contributed by atoms with Crippen molar-refractivity contribution in [3.8, 4) is 5.88 Å². The molecule has 1 amide bonds. The predicted molar refractivity (Wildman–Crippen MR) is 80.4 cm³/mol. The molecule has 1 aromatic rings. The van der Waals surface area contributed by atoms with Crippen LogP contribution in [0.15, 0.2) is 18.3 Å². The van der Waals surface area contributed by atoms with Gasteiger partial charge in [0.05, 0.1) is 13.2 Å². The second-order valence-corrected chi connectivity index (χ2v) is 6.03. The van der Waals surface area contributed by atoms with E-state index >= 15 is 0 Å². The van der Waals surface area contributed by atoms with Crippen molar-refractivity contribution in [2.45, 2.75) is 43.7 Å². The van der Waals surface area contributed by atoms with Crippen molar-refractivity contribution < 1.29 is 24.2 Å². The Hall–Kier alpha value is -2.15. The molecule has 1 aromatic heterocycles. The quantitative estimate of drug-likeness (QED) is 0.850. The third kappa shape index (κ3) is 3.44. The molecule has 1 atom stereocenters. The van der Waals surface area contributed by atoms with E-state index < -0.39 is 17.4 Å². The lowest BCUT2D eigenvalue weighted by molar-refractivity contribution is -0.144. The summed E-state index contributed by atoms with van der Waals surface area (Å²) in [6, 6.07) is 3.09. The van der Waals surface area contributed by atoms with Gasteiger partial charge in [-0.05, 0) is 18.9 Å². The second-order valence-electron chi connectivity index (χ2n) is 6.03. The number of nitrogens with zero attached hydrogens (tertiary/aromatic N) is 1. The van der Waals surface area contributed by atoms with Gasteiger partial charge in [0, 0.05) is 24.2 Å². The van der Waals surface area contributed by atoms with Crippen LogP contribution in [-0.4, -0.2) is 46.8 Å². The number of ether oxygens (including phenoxy) is 2. The number of carbonyl (C=O) groups is 2. The predicted octanol–water partition coefficient (Wildman–Crippen LogP) is 1.38. The molecule has 2 N–H and O–H groups in total. The fourth-order valence-corrected chi connectivity index (χ4v) is 3.05. The number of pyridine rings is 1. The number of carboxylic acids is 1. The van der Waals surface area contributed by atoms with Gasteiger partial charge in [0.15, 0.2) is 0 Å². The number of hydrogen-bond acceptors (Lipinski definition) is 5. The molecule has 0 bridgehead atoms. The summed E-state index contributed by atoms with van der Waals surface area (Å²) >= 11 is 0. The highest BCUT2D eigenvalue weighted by Gasteiger charge is 2.42. The van der Waals surface area contributed by atoms with Crippen LogP contribution in [0.4, 0.5) is 0 Å². The van der Waals surface area contributed by atoms with Gasteiger partial charge in [-0.25, -0.2) is 9.78 Å². The Morgan fingerprint density at radius 1 is 1.39 bits per heavy atom. The molecule has 7 heteroatoms. The van der Waals surface area contributed by atoms with Gasteiger partial charge in [0.1, 0.15) is 11.6 Å². The minimum absolute atomic E-state index is 0.0546. The zero-order chi connectivity index (χ0) is 16.3. The van der Waals surface area contributed by atoms with E-state index in [0.29, 0.717) is 37.5 Å². The molecule has 23 heavy (non-hydrogen) atoms. The molecular formula is C16H20N2O5. The van der Waals surface area contributed by atoms with E-state index in [2.05, 4.69) is 10.3 Å². The van der Waals surface area contributed by atoms with E-state index in [1.54, 1.807) is 6.07 Å². The molecule has 1 saturated heterocycles. The summed E-state index contributed by atoms with van der Waals surface area (Å²) < 4.78 is 10.9. The summed E-state index contributed by atoms with van der Waals surface area (Å²) in [5.74, 6) is -1.04. The zero-order valence-electron chi connectivity index (χ0n) is 12.8. The van der Waals surface area contributed by atoms with Crippen LogP contribution >= 0.6 is 0 Å². The molecule has 7 nitrogen and oxygen atoms in total. The smallest absolute Gasteiger partial charge is 0.329 e. The van der Waals surface area contributed by atoms with Gasteiger partial charge in [-0.3, -0.25) is 4.79 Å². The van der Waals surface area contributed by atoms with Crippen LogP contribution in [-0.2, 0) is 9.53 Å². The van der Waals surface area contributed by atoms with Crippen LogP contribution in [0.2, 0.25) is 0 Å². The van der Waals surface area contributed by atoms with Gasteiger partial charge in [-0.15, -0.1) is 0 Å². The number of carbonyl (C=O) groups excluding carboxylic acids is 1. The highest BCUT2D eigenvalue weighted by Crippen LogP contribution is 2.30. The topological polar surface area (TPSA) is 97.8 Å². The molecule has 2 fully saturated rings. The molecule has 0 aromatic carbocycles. The molecule has 1 unspecified atom stereocenters. The summed E-state index contributed by atoms with van der Waals surface area (Å²) in [5, 5.41) is 12.1. The third-order valence-corrected chi connectivity index (χ3v) is 4.39. The van der Waals surface area contributed by atoms with E-state index in [9.17, 15) is 14.7 Å². The molecule has 0 spiro atoms. The molecule has 2 heterocycles. The van der Waals surface area contributed by atoms with Crippen molar-refractivity contribution >= 4 is 11.9 Å². The minimum Gasteiger partial charge on any atom is -0.480 e. The lowest BCUT2D eigenvalue weighted by atomic mass is 9.97. The number of aromatic nitrogens is 1. The summed E-state index contributed by atoms with van der Waals surface area (Å²) in [6.07, 6.45) is 4.76. The van der Waals surface area contributed by atoms with Crippen LogP contribution in [0.5, 0.6) is 5.88 Å². The van der Waals surface area contributed by atoms with Crippen molar-refractivity contribution in [2.24, 2.45) is 0 Å². The molecule has 1 saturated carbocycles. The number of carboxylic acid groups (broad SMARTS) is 1. The Morgan fingerprint density at radius 2 is 2.17 bits per heavy atom. The minimum atomic E-state index is -1.15. The highest BCUT2D eigenvalue weighted by atomic mass is 16.5. The fourth-order valence-electron chi connectivity index (χ4n) is 3.05. The molecule has 3 rings (SSSR count). The van der Waals surface area contributed by atoms with E-state index in [1.807, 2.05) is 0 Å². The highest BCUT2D eigenvalue weighted by molar-refractivity contribution is 5.98. The van der Waals surface area contributed by atoms with Gasteiger partial charge >= 0.3 is 5.97 Å². The number of rotatable bonds is 5. The van der Waals surface area contributed by atoms with Gasteiger partial charge in [0.25, 0.3) is 5.91 Å². The van der Waals surface area contributed by atoms with Crippen LogP contribution in [0.1, 0.15) is 42.5 Å². The first kappa shape index (κ1) is 15.7. The Bertz CT molecular complexity index is 592. The summed E-state index contributed by atoms with van der Waals surface area (Å²) in [7, 11) is 0. The molecule has 0 radical (unpaired) electrons. The maximum absolute atomic E-state index is 12.4. The molecular weight excluding hydrogens is 300 g/mol. The van der Waals surface area contributed by atoms with Crippen LogP contribution in [0.25, 0.3) is 0 Å². The average molecular weight is 320 g/mol. The summed E-state index contributed by atoms with van der Waals surface area (Å²) in [6.45, 7) is 1.17. The van der Waals surface area contributed by atoms with E-state index in [0.717, 1.165) is 19.3 Å². The molecule has 1 aliphatic carbocycles. The SMILES string of the molecule is O=C(NC1(C(=O)O)CCCC1)c1ccnc(OC2CCOC2)c1. The van der Waals surface area contributed by atoms with Crippen molar-refractivity contribution in [3.63, 3.8) is 0 Å². The number of aliphatic carboxylic acids is 1. The normalized spacial score (nSPS) is 22.7. The lowest BCUT2D eigenvalue weighted by Crippen LogP contribution is -2.52. The number of nitrogens with one attached hydrogen (secondary N) is 1. The van der Waals surface area contributed by atoms with Gasteiger partial charge < -0.3 is 19.9 Å². The Labute approximate surface area is 134 Å². The fraction of sp³-hybridized carbons (Fsp3) is 0.562. The Morgan fingerprint density at radius 3 is 2.83 bits per heavy atom. The Kier molecular flexibility index (Phi) is 4.47. The van der Waals surface area contributed by atoms with E-state index in [-0.39, 0.29) is 6.10 Å². The monoisotopic (exact) mass is 320 g/mol. The maximum atomic E-state index is 12.4. The van der Waals surface area contributed by atoms with Crippen molar-refractivity contribution in [1.29, 1.82) is 0 Å². The number of amides is 1. The standard InChI is InChI=1S/C16H20N2O5/c19-14(18-16(15(20)21)5-1-2-6-16)11-3-7-17-13(9-11)23-12-4-8-22-10-12/h3,7,9,12H,1-2,4-6,8,10H2,(H,18,19)(H,20,21). The lowest BCUT2D eigenvalue weighted by Gasteiger charge is -2.25. The maximum Gasteiger partial charge on any atom is 0.329 e. The largest absolute Gasteiger partial charge is 0.480 e. The van der Waals surface area contributed by atoms with Crippen LogP contribution < -0.4 is 10.1 Å². The average Bonchev–Trinajstić information content (AvgIpc) is 3.20. The van der Waals surface area contributed by atoms with Gasteiger partial charge in [-0.2, -0.15) is 0 Å². The third-order valence-electron chi connectivity index (χ3n) is 4.39. The van der Waals surface area contributed by atoms with Crippen molar-refractivity contribution in [1.82, 2.24) is 10.3 Å². The zero-order valence-corrected chi connectivity index (χ0v) is 12.8. The first-order chi connectivity index (χ1) is 11.1. The molecule has 124 valence electrons. The Balaban J connectivity index is 1.70. The van der Waals surface area contributed by atoms with Crippen molar-refractivity contribution in [3.05, 3.63) is 23.9 Å². The van der Waals surface area contributed by atoms with E-state index in [4.69, 9.17) is 9.47 Å². The number of hydrogen-bond donors (Lipinski definition) is 2. The van der Waals surface area contributed by atoms with Gasteiger partial charge in [-0.1, -0.05) is 12.8 Å².